The van der Waals surface area contributed by atoms with Crippen molar-refractivity contribution in [1.82, 2.24) is 19.9 Å². The lowest BCUT2D eigenvalue weighted by Gasteiger charge is -2.20. The summed E-state index contributed by atoms with van der Waals surface area (Å²) < 4.78 is 12.4. The maximum atomic E-state index is 13.0. The normalized spacial score (nSPS) is 12.7. The fourth-order valence-corrected chi connectivity index (χ4v) is 3.80. The summed E-state index contributed by atoms with van der Waals surface area (Å²) in [5.74, 6) is 0.533. The Morgan fingerprint density at radius 1 is 1.18 bits per heavy atom. The molecule has 0 aromatic carbocycles. The zero-order chi connectivity index (χ0) is 29.1. The Morgan fingerprint density at radius 3 is 2.41 bits per heavy atom. The second-order valence-corrected chi connectivity index (χ2v) is 11.6. The third-order valence-electron chi connectivity index (χ3n) is 6.56. The minimum absolute atomic E-state index is 0.0285. The Labute approximate surface area is 229 Å². The van der Waals surface area contributed by atoms with Crippen LogP contribution >= 0.6 is 0 Å². The lowest BCUT2D eigenvalue weighted by molar-refractivity contribution is -0.119. The van der Waals surface area contributed by atoms with Crippen molar-refractivity contribution in [1.29, 1.82) is 0 Å². The Morgan fingerprint density at radius 2 is 1.87 bits per heavy atom. The first-order chi connectivity index (χ1) is 18.2. The van der Waals surface area contributed by atoms with Crippen molar-refractivity contribution < 1.29 is 18.8 Å². The maximum Gasteiger partial charge on any atom is 0.412 e. The van der Waals surface area contributed by atoms with Crippen molar-refractivity contribution in [3.63, 3.8) is 0 Å². The molecule has 3 heterocycles. The zero-order valence-corrected chi connectivity index (χ0v) is 24.2. The first-order valence-corrected chi connectivity index (χ1v) is 13.1. The summed E-state index contributed by atoms with van der Waals surface area (Å²) >= 11 is 0. The van der Waals surface area contributed by atoms with E-state index in [-0.39, 0.29) is 35.2 Å². The maximum absolute atomic E-state index is 13.0. The van der Waals surface area contributed by atoms with Crippen LogP contribution in [0.2, 0.25) is 0 Å². The molecule has 1 unspecified atom stereocenters. The predicted octanol–water partition coefficient (Wildman–Crippen LogP) is 7.01. The van der Waals surface area contributed by atoms with Gasteiger partial charge in [-0.1, -0.05) is 32.0 Å². The number of carbonyl (C=O) groups excluding carboxylic acids is 2. The van der Waals surface area contributed by atoms with E-state index in [0.29, 0.717) is 22.6 Å². The quantitative estimate of drug-likeness (QED) is 0.293. The van der Waals surface area contributed by atoms with Crippen LogP contribution in [0.1, 0.15) is 97.8 Å². The Hall–Kier alpha value is -4.00. The molecule has 39 heavy (non-hydrogen) atoms. The molecule has 0 aliphatic heterocycles. The van der Waals surface area contributed by atoms with E-state index in [4.69, 9.17) is 15.8 Å². The molecule has 0 radical (unpaired) electrons. The second-order valence-electron chi connectivity index (χ2n) is 11.6. The molecule has 0 spiro atoms. The molecule has 0 aliphatic carbocycles. The monoisotopic (exact) mass is 534 g/mol. The average molecular weight is 535 g/mol. The van der Waals surface area contributed by atoms with E-state index >= 15 is 0 Å². The van der Waals surface area contributed by atoms with Gasteiger partial charge in [-0.15, -0.1) is 0 Å². The van der Waals surface area contributed by atoms with Gasteiger partial charge in [0.2, 0.25) is 0 Å². The molecule has 3 rings (SSSR count). The number of aromatic nitrogens is 4. The lowest BCUT2D eigenvalue weighted by Crippen LogP contribution is -2.28. The van der Waals surface area contributed by atoms with Gasteiger partial charge in [-0.2, -0.15) is 5.10 Å². The van der Waals surface area contributed by atoms with Gasteiger partial charge in [0, 0.05) is 29.3 Å². The average Bonchev–Trinajstić information content (AvgIpc) is 3.47. The number of hydrogen-bond donors (Lipinski definition) is 1. The molecule has 10 nitrogen and oxygen atoms in total. The van der Waals surface area contributed by atoms with Crippen molar-refractivity contribution >= 4 is 23.4 Å². The van der Waals surface area contributed by atoms with Gasteiger partial charge in [0.25, 0.3) is 5.69 Å². The van der Waals surface area contributed by atoms with Gasteiger partial charge in [-0.3, -0.25) is 19.8 Å². The number of nitrogens with one attached hydrogen (secondary N) is 1. The molecule has 3 aromatic heterocycles. The molecule has 1 amide bonds. The summed E-state index contributed by atoms with van der Waals surface area (Å²) in [6.07, 6.45) is 1.97. The van der Waals surface area contributed by atoms with Crippen LogP contribution in [-0.2, 0) is 21.4 Å². The first-order valence-electron chi connectivity index (χ1n) is 13.1. The number of Topliss-reactive ketones (excluding diaryl/α,β-unsaturated/α-hetero) is 1. The number of hydrogen-bond acceptors (Lipinski definition) is 7. The fourth-order valence-electron chi connectivity index (χ4n) is 3.80. The highest BCUT2D eigenvalue weighted by Gasteiger charge is 2.27. The Kier molecular flexibility index (Phi) is 8.64. The summed E-state index contributed by atoms with van der Waals surface area (Å²) in [6.45, 7) is 24.9. The second kappa shape index (κ2) is 11.4. The van der Waals surface area contributed by atoms with Crippen molar-refractivity contribution in [3.05, 3.63) is 53.0 Å². The van der Waals surface area contributed by atoms with Crippen LogP contribution < -0.4 is 5.32 Å². The third-order valence-corrected chi connectivity index (χ3v) is 6.56. The minimum atomic E-state index is -0.691. The van der Waals surface area contributed by atoms with E-state index < -0.39 is 17.6 Å². The van der Waals surface area contributed by atoms with Gasteiger partial charge in [-0.25, -0.2) is 9.64 Å². The van der Waals surface area contributed by atoms with E-state index in [9.17, 15) is 9.59 Å². The lowest BCUT2D eigenvalue weighted by atomic mass is 9.87. The number of anilines is 1. The molecule has 0 saturated carbocycles. The summed E-state index contributed by atoms with van der Waals surface area (Å²) in [7, 11) is 0. The number of pyridine rings is 1. The molecule has 0 aliphatic rings. The van der Waals surface area contributed by atoms with Crippen LogP contribution in [-0.4, -0.2) is 37.4 Å². The van der Waals surface area contributed by atoms with Crippen LogP contribution in [0.3, 0.4) is 0 Å². The van der Waals surface area contributed by atoms with E-state index in [1.165, 1.54) is 0 Å². The van der Waals surface area contributed by atoms with Gasteiger partial charge in [0.1, 0.15) is 28.7 Å². The van der Waals surface area contributed by atoms with Gasteiger partial charge in [-0.05, 0) is 54.0 Å². The van der Waals surface area contributed by atoms with E-state index in [1.807, 2.05) is 26.8 Å². The largest absolute Gasteiger partial charge is 0.444 e. The van der Waals surface area contributed by atoms with Crippen LogP contribution in [0.4, 0.5) is 16.3 Å². The zero-order valence-electron chi connectivity index (χ0n) is 24.2. The van der Waals surface area contributed by atoms with Gasteiger partial charge in [0.15, 0.2) is 0 Å². The number of amides is 1. The van der Waals surface area contributed by atoms with Crippen molar-refractivity contribution in [3.8, 4) is 11.3 Å². The molecule has 208 valence electrons. The highest BCUT2D eigenvalue weighted by atomic mass is 16.6. The highest BCUT2D eigenvalue weighted by Crippen LogP contribution is 2.38. The van der Waals surface area contributed by atoms with Gasteiger partial charge >= 0.3 is 6.09 Å². The molecular formula is C29H38N6O4. The number of ether oxygens (including phenoxy) is 1. The van der Waals surface area contributed by atoms with Crippen molar-refractivity contribution in [2.24, 2.45) is 0 Å². The van der Waals surface area contributed by atoms with Crippen LogP contribution in [0.5, 0.6) is 0 Å². The molecule has 0 fully saturated rings. The fraction of sp³-hybridized carbons (Fsp3) is 0.517. The standard InChI is InChI=1S/C29H38N6O4/c1-11-29(8,9)23-15-20(34-39-23)14-22(36)18(4)21-13-12-19(16-31-21)24-25(30-10)26(35(33-24)17(2)3)32-27(37)38-28(5,6)7/h12-13,15-18H,11,14H2,1-9H3,(H,32,37). The minimum Gasteiger partial charge on any atom is -0.444 e. The summed E-state index contributed by atoms with van der Waals surface area (Å²) in [4.78, 5) is 33.6. The smallest absolute Gasteiger partial charge is 0.412 e. The molecule has 3 aromatic rings. The Bertz CT molecular complexity index is 1370. The predicted molar refractivity (Wildman–Crippen MR) is 149 cm³/mol. The van der Waals surface area contributed by atoms with E-state index in [0.717, 1.165) is 12.2 Å². The topological polar surface area (TPSA) is 117 Å². The summed E-state index contributed by atoms with van der Waals surface area (Å²) in [5.41, 5.74) is 1.53. The third kappa shape index (κ3) is 6.91. The molecule has 0 saturated heterocycles. The van der Waals surface area contributed by atoms with Crippen molar-refractivity contribution in [2.75, 3.05) is 5.32 Å². The summed E-state index contributed by atoms with van der Waals surface area (Å²) in [6, 6.07) is 5.26. The molecule has 1 N–H and O–H groups in total. The number of carbonyl (C=O) groups is 2. The number of rotatable bonds is 9. The summed E-state index contributed by atoms with van der Waals surface area (Å²) in [5, 5.41) is 11.4. The molecule has 10 heteroatoms. The van der Waals surface area contributed by atoms with Crippen LogP contribution in [0.25, 0.3) is 16.1 Å². The van der Waals surface area contributed by atoms with Crippen LogP contribution in [0.15, 0.2) is 28.9 Å². The van der Waals surface area contributed by atoms with Crippen LogP contribution in [0, 0.1) is 6.57 Å². The molecule has 0 bridgehead atoms. The number of ketones is 1. The Balaban J connectivity index is 1.83. The van der Waals surface area contributed by atoms with Crippen molar-refractivity contribution in [2.45, 2.75) is 98.1 Å². The molecular weight excluding hydrogens is 496 g/mol. The van der Waals surface area contributed by atoms with E-state index in [2.05, 4.69) is 46.2 Å². The van der Waals surface area contributed by atoms with E-state index in [1.54, 1.807) is 43.8 Å². The van der Waals surface area contributed by atoms with Gasteiger partial charge in [0.05, 0.1) is 30.3 Å². The van der Waals surface area contributed by atoms with Gasteiger partial charge < -0.3 is 9.26 Å². The molecule has 1 atom stereocenters. The number of nitrogens with zero attached hydrogens (tertiary/aromatic N) is 5. The highest BCUT2D eigenvalue weighted by molar-refractivity contribution is 5.93. The first kappa shape index (κ1) is 29.6. The SMILES string of the molecule is [C-]#[N+]c1c(-c2ccc(C(C)C(=O)Cc3cc(C(C)(C)CC)on3)nc2)nn(C(C)C)c1NC(=O)OC(C)(C)C.